The van der Waals surface area contributed by atoms with Crippen LogP contribution in [-0.2, 0) is 4.79 Å². The summed E-state index contributed by atoms with van der Waals surface area (Å²) in [5, 5.41) is 3.99. The number of ether oxygens (including phenoxy) is 3. The van der Waals surface area contributed by atoms with Crippen molar-refractivity contribution in [1.29, 1.82) is 0 Å². The van der Waals surface area contributed by atoms with Gasteiger partial charge in [-0.2, -0.15) is 5.10 Å². The van der Waals surface area contributed by atoms with Crippen LogP contribution in [-0.4, -0.2) is 32.9 Å². The van der Waals surface area contributed by atoms with Gasteiger partial charge in [0.25, 0.3) is 0 Å². The Bertz CT molecular complexity index is 568. The predicted molar refractivity (Wildman–Crippen MR) is 79.9 cm³/mol. The molecule has 0 aliphatic carbocycles. The van der Waals surface area contributed by atoms with Gasteiger partial charge >= 0.3 is 0 Å². The van der Waals surface area contributed by atoms with E-state index in [1.165, 1.54) is 0 Å². The van der Waals surface area contributed by atoms with E-state index in [1.54, 1.807) is 21.3 Å². The van der Waals surface area contributed by atoms with Gasteiger partial charge in [0.2, 0.25) is 11.7 Å². The van der Waals surface area contributed by atoms with Crippen molar-refractivity contribution in [1.82, 2.24) is 5.43 Å². The van der Waals surface area contributed by atoms with Gasteiger partial charge in [0.1, 0.15) is 0 Å². The fraction of sp³-hybridized carbons (Fsp3) is 0.333. The second kappa shape index (κ2) is 6.78. The van der Waals surface area contributed by atoms with E-state index in [2.05, 4.69) is 10.5 Å². The molecule has 1 aromatic rings. The third-order valence-corrected chi connectivity index (χ3v) is 3.09. The van der Waals surface area contributed by atoms with E-state index in [0.717, 1.165) is 11.3 Å². The standard InChI is InChI=1S/C15H18N2O4/c1-19-12-8-10(9-13(20-2)15(12)21-3)4-5-11-6-7-14(18)17-16-11/h4-5,8-9H,6-7H2,1-3H3,(H,17,18)/b5-4+. The molecule has 0 fully saturated rings. The zero-order valence-electron chi connectivity index (χ0n) is 12.3. The van der Waals surface area contributed by atoms with Gasteiger partial charge in [-0.1, -0.05) is 6.08 Å². The second-order valence-corrected chi connectivity index (χ2v) is 4.43. The van der Waals surface area contributed by atoms with Crippen LogP contribution in [0.4, 0.5) is 0 Å². The number of methoxy groups -OCH3 is 3. The average molecular weight is 290 g/mol. The van der Waals surface area contributed by atoms with Crippen LogP contribution in [0, 0.1) is 0 Å². The Morgan fingerprint density at radius 2 is 1.71 bits per heavy atom. The summed E-state index contributed by atoms with van der Waals surface area (Å²) in [6, 6.07) is 3.69. The summed E-state index contributed by atoms with van der Waals surface area (Å²) >= 11 is 0. The zero-order valence-corrected chi connectivity index (χ0v) is 12.3. The van der Waals surface area contributed by atoms with Crippen LogP contribution >= 0.6 is 0 Å². The molecule has 112 valence electrons. The van der Waals surface area contributed by atoms with Gasteiger partial charge in [0.15, 0.2) is 11.5 Å². The van der Waals surface area contributed by atoms with Crippen LogP contribution in [0.2, 0.25) is 0 Å². The lowest BCUT2D eigenvalue weighted by Gasteiger charge is -2.13. The number of rotatable bonds is 5. The van der Waals surface area contributed by atoms with Crippen LogP contribution < -0.4 is 19.6 Å². The molecule has 0 saturated heterocycles. The summed E-state index contributed by atoms with van der Waals surface area (Å²) in [6.07, 6.45) is 4.84. The molecule has 6 heteroatoms. The molecule has 1 aliphatic rings. The summed E-state index contributed by atoms with van der Waals surface area (Å²) in [6.45, 7) is 0. The van der Waals surface area contributed by atoms with E-state index in [1.807, 2.05) is 24.3 Å². The Morgan fingerprint density at radius 1 is 1.05 bits per heavy atom. The Hall–Kier alpha value is -2.50. The smallest absolute Gasteiger partial charge is 0.240 e. The number of allylic oxidation sites excluding steroid dienone is 1. The highest BCUT2D eigenvalue weighted by molar-refractivity contribution is 6.02. The van der Waals surface area contributed by atoms with Crippen molar-refractivity contribution < 1.29 is 19.0 Å². The number of nitrogens with one attached hydrogen (secondary N) is 1. The van der Waals surface area contributed by atoms with Crippen molar-refractivity contribution in [3.63, 3.8) is 0 Å². The third-order valence-electron chi connectivity index (χ3n) is 3.09. The summed E-state index contributed by atoms with van der Waals surface area (Å²) in [5.41, 5.74) is 4.18. The second-order valence-electron chi connectivity index (χ2n) is 4.43. The highest BCUT2D eigenvalue weighted by atomic mass is 16.5. The lowest BCUT2D eigenvalue weighted by atomic mass is 10.1. The minimum atomic E-state index is -0.0556. The molecule has 1 N–H and O–H groups in total. The normalized spacial score (nSPS) is 14.6. The summed E-state index contributed by atoms with van der Waals surface area (Å²) < 4.78 is 15.9. The average Bonchev–Trinajstić information content (AvgIpc) is 2.53. The fourth-order valence-electron chi connectivity index (χ4n) is 2.00. The van der Waals surface area contributed by atoms with E-state index < -0.39 is 0 Å². The van der Waals surface area contributed by atoms with Gasteiger partial charge in [-0.3, -0.25) is 4.79 Å². The first kappa shape index (κ1) is 14.9. The number of carbonyl (C=O) groups is 1. The molecule has 0 atom stereocenters. The molecule has 1 aromatic carbocycles. The van der Waals surface area contributed by atoms with E-state index >= 15 is 0 Å². The fourth-order valence-corrected chi connectivity index (χ4v) is 2.00. The van der Waals surface area contributed by atoms with Crippen molar-refractivity contribution >= 4 is 17.7 Å². The monoisotopic (exact) mass is 290 g/mol. The molecule has 0 bridgehead atoms. The quantitative estimate of drug-likeness (QED) is 0.900. The first-order valence-corrected chi connectivity index (χ1v) is 6.51. The van der Waals surface area contributed by atoms with Crippen molar-refractivity contribution in [3.8, 4) is 17.2 Å². The predicted octanol–water partition coefficient (Wildman–Crippen LogP) is 1.99. The maximum Gasteiger partial charge on any atom is 0.240 e. The summed E-state index contributed by atoms with van der Waals surface area (Å²) in [5.74, 6) is 1.69. The van der Waals surface area contributed by atoms with Gasteiger partial charge in [-0.25, -0.2) is 5.43 Å². The molecule has 2 rings (SSSR count). The van der Waals surface area contributed by atoms with Crippen molar-refractivity contribution in [2.45, 2.75) is 12.8 Å². The van der Waals surface area contributed by atoms with Gasteiger partial charge in [0, 0.05) is 12.8 Å². The van der Waals surface area contributed by atoms with Gasteiger partial charge < -0.3 is 14.2 Å². The van der Waals surface area contributed by atoms with Crippen LogP contribution in [0.25, 0.3) is 6.08 Å². The minimum Gasteiger partial charge on any atom is -0.493 e. The number of benzene rings is 1. The molecular weight excluding hydrogens is 272 g/mol. The van der Waals surface area contributed by atoms with E-state index in [-0.39, 0.29) is 5.91 Å². The van der Waals surface area contributed by atoms with Gasteiger partial charge in [-0.05, 0) is 23.8 Å². The van der Waals surface area contributed by atoms with Crippen LogP contribution in [0.5, 0.6) is 17.2 Å². The number of hydrogen-bond donors (Lipinski definition) is 1. The Labute approximate surface area is 123 Å². The number of hydrazone groups is 1. The molecule has 1 amide bonds. The molecule has 0 radical (unpaired) electrons. The highest BCUT2D eigenvalue weighted by Crippen LogP contribution is 2.38. The van der Waals surface area contributed by atoms with Crippen molar-refractivity contribution in [3.05, 3.63) is 23.8 Å². The number of carbonyl (C=O) groups excluding carboxylic acids is 1. The van der Waals surface area contributed by atoms with Crippen molar-refractivity contribution in [2.75, 3.05) is 21.3 Å². The maximum absolute atomic E-state index is 11.0. The molecule has 0 aromatic heterocycles. The number of nitrogens with zero attached hydrogens (tertiary/aromatic N) is 1. The van der Waals surface area contributed by atoms with Gasteiger partial charge in [-0.15, -0.1) is 0 Å². The molecule has 6 nitrogen and oxygen atoms in total. The van der Waals surface area contributed by atoms with E-state index in [9.17, 15) is 4.79 Å². The highest BCUT2D eigenvalue weighted by Gasteiger charge is 2.12. The molecule has 1 aliphatic heterocycles. The van der Waals surface area contributed by atoms with Crippen LogP contribution in [0.1, 0.15) is 18.4 Å². The maximum atomic E-state index is 11.0. The molecule has 21 heavy (non-hydrogen) atoms. The lowest BCUT2D eigenvalue weighted by Crippen LogP contribution is -2.24. The van der Waals surface area contributed by atoms with Crippen LogP contribution in [0.15, 0.2) is 23.3 Å². The Balaban J connectivity index is 2.26. The van der Waals surface area contributed by atoms with E-state index in [4.69, 9.17) is 14.2 Å². The molecule has 0 unspecified atom stereocenters. The summed E-state index contributed by atoms with van der Waals surface area (Å²) in [4.78, 5) is 11.0. The number of amides is 1. The van der Waals surface area contributed by atoms with E-state index in [0.29, 0.717) is 30.1 Å². The molecular formula is C15H18N2O4. The molecule has 0 spiro atoms. The first-order chi connectivity index (χ1) is 10.2. The van der Waals surface area contributed by atoms with Crippen molar-refractivity contribution in [2.24, 2.45) is 5.10 Å². The SMILES string of the molecule is COc1cc(/C=C/C2=NNC(=O)CC2)cc(OC)c1OC. The molecule has 0 saturated carbocycles. The van der Waals surface area contributed by atoms with Crippen LogP contribution in [0.3, 0.4) is 0 Å². The largest absolute Gasteiger partial charge is 0.493 e. The molecule has 1 heterocycles. The third kappa shape index (κ3) is 3.53. The summed E-state index contributed by atoms with van der Waals surface area (Å²) in [7, 11) is 4.71. The zero-order chi connectivity index (χ0) is 15.2. The first-order valence-electron chi connectivity index (χ1n) is 6.51. The Kier molecular flexibility index (Phi) is 4.81. The Morgan fingerprint density at radius 3 is 2.19 bits per heavy atom. The minimum absolute atomic E-state index is 0.0556. The van der Waals surface area contributed by atoms with Gasteiger partial charge in [0.05, 0.1) is 27.0 Å². The lowest BCUT2D eigenvalue weighted by molar-refractivity contribution is -0.121. The number of hydrogen-bond acceptors (Lipinski definition) is 5. The topological polar surface area (TPSA) is 69.2 Å².